The van der Waals surface area contributed by atoms with E-state index in [-0.39, 0.29) is 0 Å². The highest BCUT2D eigenvalue weighted by molar-refractivity contribution is 5.47. The first kappa shape index (κ1) is 13.7. The first-order valence-corrected chi connectivity index (χ1v) is 7.73. The molecule has 1 aromatic rings. The van der Waals surface area contributed by atoms with Gasteiger partial charge in [0.2, 0.25) is 0 Å². The van der Waals surface area contributed by atoms with E-state index in [0.717, 1.165) is 43.6 Å². The molecule has 1 fully saturated rings. The number of ether oxygens (including phenoxy) is 2. The molecular formula is C17H25NO2. The van der Waals surface area contributed by atoms with Crippen LogP contribution in [0, 0.1) is 5.92 Å². The summed E-state index contributed by atoms with van der Waals surface area (Å²) in [5, 5.41) is 3.55. The molecule has 1 heterocycles. The summed E-state index contributed by atoms with van der Waals surface area (Å²) >= 11 is 0. The van der Waals surface area contributed by atoms with Crippen molar-refractivity contribution in [2.24, 2.45) is 5.92 Å². The van der Waals surface area contributed by atoms with Crippen LogP contribution in [0.25, 0.3) is 0 Å². The van der Waals surface area contributed by atoms with E-state index < -0.39 is 0 Å². The fourth-order valence-electron chi connectivity index (χ4n) is 3.00. The minimum Gasteiger partial charge on any atom is -0.490 e. The summed E-state index contributed by atoms with van der Waals surface area (Å²) in [5.41, 5.74) is 1.68. The third kappa shape index (κ3) is 2.64. The highest BCUT2D eigenvalue weighted by Gasteiger charge is 2.50. The fraction of sp³-hybridized carbons (Fsp3) is 0.647. The topological polar surface area (TPSA) is 30.5 Å². The third-order valence-electron chi connectivity index (χ3n) is 4.59. The van der Waals surface area contributed by atoms with Crippen molar-refractivity contribution in [3.8, 4) is 11.5 Å². The van der Waals surface area contributed by atoms with Crippen molar-refractivity contribution < 1.29 is 9.47 Å². The van der Waals surface area contributed by atoms with E-state index in [1.807, 2.05) is 0 Å². The van der Waals surface area contributed by atoms with E-state index in [0.29, 0.717) is 11.5 Å². The standard InChI is InChI=1S/C17H25NO2/c1-12(2)18-11-14-10-17(14,3)13-5-6-15-16(9-13)20-8-4-7-19-15/h5-6,9,12,14,18H,4,7-8,10-11H2,1-3H3. The molecule has 2 atom stereocenters. The maximum absolute atomic E-state index is 5.80. The van der Waals surface area contributed by atoms with Crippen molar-refractivity contribution in [3.63, 3.8) is 0 Å². The van der Waals surface area contributed by atoms with Gasteiger partial charge in [0.1, 0.15) is 0 Å². The van der Waals surface area contributed by atoms with Gasteiger partial charge in [0, 0.05) is 12.5 Å². The molecule has 1 saturated carbocycles. The van der Waals surface area contributed by atoms with Crippen molar-refractivity contribution in [3.05, 3.63) is 23.8 Å². The first-order valence-electron chi connectivity index (χ1n) is 7.73. The van der Waals surface area contributed by atoms with Gasteiger partial charge in [0.05, 0.1) is 13.2 Å². The van der Waals surface area contributed by atoms with Crippen molar-refractivity contribution in [1.82, 2.24) is 5.32 Å². The summed E-state index contributed by atoms with van der Waals surface area (Å²) in [6.45, 7) is 9.37. The van der Waals surface area contributed by atoms with Crippen LogP contribution in [-0.2, 0) is 5.41 Å². The first-order chi connectivity index (χ1) is 9.59. The maximum Gasteiger partial charge on any atom is 0.161 e. The van der Waals surface area contributed by atoms with Crippen molar-refractivity contribution in [2.45, 2.75) is 45.1 Å². The average molecular weight is 275 g/mol. The van der Waals surface area contributed by atoms with Crippen LogP contribution in [-0.4, -0.2) is 25.8 Å². The number of benzene rings is 1. The molecule has 0 bridgehead atoms. The predicted octanol–water partition coefficient (Wildman–Crippen LogP) is 3.12. The van der Waals surface area contributed by atoms with Gasteiger partial charge in [-0.15, -0.1) is 0 Å². The molecule has 0 amide bonds. The molecule has 3 nitrogen and oxygen atoms in total. The van der Waals surface area contributed by atoms with Gasteiger partial charge in [-0.3, -0.25) is 0 Å². The lowest BCUT2D eigenvalue weighted by Crippen LogP contribution is -2.26. The van der Waals surface area contributed by atoms with E-state index in [2.05, 4.69) is 44.3 Å². The van der Waals surface area contributed by atoms with Gasteiger partial charge < -0.3 is 14.8 Å². The summed E-state index contributed by atoms with van der Waals surface area (Å²) in [5.74, 6) is 2.55. The molecular weight excluding hydrogens is 250 g/mol. The minimum atomic E-state index is 0.298. The highest BCUT2D eigenvalue weighted by Crippen LogP contribution is 2.54. The van der Waals surface area contributed by atoms with Gasteiger partial charge in [-0.2, -0.15) is 0 Å². The Morgan fingerprint density at radius 3 is 2.75 bits per heavy atom. The van der Waals surface area contributed by atoms with Crippen LogP contribution < -0.4 is 14.8 Å². The SMILES string of the molecule is CC(C)NCC1CC1(C)c1ccc2c(c1)OCCCO2. The second-order valence-corrected chi connectivity index (χ2v) is 6.59. The van der Waals surface area contributed by atoms with Gasteiger partial charge in [-0.1, -0.05) is 26.8 Å². The largest absolute Gasteiger partial charge is 0.490 e. The summed E-state index contributed by atoms with van der Waals surface area (Å²) in [6.07, 6.45) is 2.22. The Kier molecular flexibility index (Phi) is 3.63. The number of fused-ring (bicyclic) bond motifs is 1. The van der Waals surface area contributed by atoms with E-state index in [9.17, 15) is 0 Å². The molecule has 0 saturated heterocycles. The van der Waals surface area contributed by atoms with Crippen LogP contribution in [0.1, 0.15) is 39.2 Å². The van der Waals surface area contributed by atoms with Gasteiger partial charge in [-0.25, -0.2) is 0 Å². The van der Waals surface area contributed by atoms with Gasteiger partial charge in [-0.05, 0) is 42.0 Å². The van der Waals surface area contributed by atoms with Crippen molar-refractivity contribution in [1.29, 1.82) is 0 Å². The van der Waals surface area contributed by atoms with Crippen LogP contribution in [0.5, 0.6) is 11.5 Å². The molecule has 0 aromatic heterocycles. The van der Waals surface area contributed by atoms with Crippen LogP contribution in [0.2, 0.25) is 0 Å². The zero-order chi connectivity index (χ0) is 14.2. The van der Waals surface area contributed by atoms with Crippen molar-refractivity contribution >= 4 is 0 Å². The Hall–Kier alpha value is -1.22. The number of nitrogens with one attached hydrogen (secondary N) is 1. The lowest BCUT2D eigenvalue weighted by Gasteiger charge is -2.16. The van der Waals surface area contributed by atoms with E-state index >= 15 is 0 Å². The Bertz CT molecular complexity index is 486. The molecule has 2 aliphatic rings. The Balaban J connectivity index is 1.73. The van der Waals surface area contributed by atoms with Gasteiger partial charge in [0.25, 0.3) is 0 Å². The number of hydrogen-bond donors (Lipinski definition) is 1. The molecule has 3 rings (SSSR count). The summed E-state index contributed by atoms with van der Waals surface area (Å²) < 4.78 is 11.5. The second kappa shape index (κ2) is 5.28. The molecule has 110 valence electrons. The van der Waals surface area contributed by atoms with Crippen molar-refractivity contribution in [2.75, 3.05) is 19.8 Å². The normalized spacial score (nSPS) is 28.3. The van der Waals surface area contributed by atoms with E-state index in [1.165, 1.54) is 12.0 Å². The summed E-state index contributed by atoms with van der Waals surface area (Å²) in [7, 11) is 0. The van der Waals surface area contributed by atoms with E-state index in [4.69, 9.17) is 9.47 Å². The molecule has 0 radical (unpaired) electrons. The minimum absolute atomic E-state index is 0.298. The summed E-state index contributed by atoms with van der Waals surface area (Å²) in [6, 6.07) is 7.04. The molecule has 1 aliphatic heterocycles. The van der Waals surface area contributed by atoms with Gasteiger partial charge >= 0.3 is 0 Å². The monoisotopic (exact) mass is 275 g/mol. The van der Waals surface area contributed by atoms with Crippen LogP contribution in [0.4, 0.5) is 0 Å². The van der Waals surface area contributed by atoms with Gasteiger partial charge in [0.15, 0.2) is 11.5 Å². The molecule has 2 unspecified atom stereocenters. The van der Waals surface area contributed by atoms with Crippen LogP contribution >= 0.6 is 0 Å². The maximum atomic E-state index is 5.80. The molecule has 1 aliphatic carbocycles. The zero-order valence-electron chi connectivity index (χ0n) is 12.7. The van der Waals surface area contributed by atoms with Crippen LogP contribution in [0.3, 0.4) is 0 Å². The average Bonchev–Trinajstić information content (AvgIpc) is 3.14. The lowest BCUT2D eigenvalue weighted by molar-refractivity contribution is 0.297. The smallest absolute Gasteiger partial charge is 0.161 e. The molecule has 1 aromatic carbocycles. The molecule has 1 N–H and O–H groups in total. The lowest BCUT2D eigenvalue weighted by atomic mass is 9.95. The Labute approximate surface area is 121 Å². The van der Waals surface area contributed by atoms with E-state index in [1.54, 1.807) is 0 Å². The fourth-order valence-corrected chi connectivity index (χ4v) is 3.00. The summed E-state index contributed by atoms with van der Waals surface area (Å²) in [4.78, 5) is 0. The molecule has 20 heavy (non-hydrogen) atoms. The zero-order valence-corrected chi connectivity index (χ0v) is 12.7. The predicted molar refractivity (Wildman–Crippen MR) is 80.6 cm³/mol. The Morgan fingerprint density at radius 1 is 1.25 bits per heavy atom. The second-order valence-electron chi connectivity index (χ2n) is 6.59. The quantitative estimate of drug-likeness (QED) is 0.916. The Morgan fingerprint density at radius 2 is 2.00 bits per heavy atom. The van der Waals surface area contributed by atoms with Crippen LogP contribution in [0.15, 0.2) is 18.2 Å². The third-order valence-corrected chi connectivity index (χ3v) is 4.59. The number of rotatable bonds is 4. The molecule has 3 heteroatoms. The number of hydrogen-bond acceptors (Lipinski definition) is 3. The molecule has 0 spiro atoms. The highest BCUT2D eigenvalue weighted by atomic mass is 16.5.